The molecule has 4 nitrogen and oxygen atoms in total. The first-order valence-electron chi connectivity index (χ1n) is 7.30. The van der Waals surface area contributed by atoms with Gasteiger partial charge in [0, 0.05) is 38.1 Å². The highest BCUT2D eigenvalue weighted by atomic mass is 16.2. The van der Waals surface area contributed by atoms with E-state index in [1.54, 1.807) is 0 Å². The molecule has 0 bridgehead atoms. The summed E-state index contributed by atoms with van der Waals surface area (Å²) in [6.45, 7) is 4.98. The molecule has 18 heavy (non-hydrogen) atoms. The first-order valence-corrected chi connectivity index (χ1v) is 7.30. The number of piperazine rings is 1. The molecule has 1 amide bonds. The molecule has 1 aliphatic heterocycles. The minimum Gasteiger partial charge on any atom is -0.340 e. The molecule has 1 saturated heterocycles. The van der Waals surface area contributed by atoms with Crippen molar-refractivity contribution in [2.45, 2.75) is 51.1 Å². The summed E-state index contributed by atoms with van der Waals surface area (Å²) in [5.74, 6) is 0.933. The second kappa shape index (κ2) is 6.02. The molecule has 0 aromatic heterocycles. The molecule has 2 N–H and O–H groups in total. The summed E-state index contributed by atoms with van der Waals surface area (Å²) in [5.41, 5.74) is 5.90. The molecule has 1 atom stereocenters. The van der Waals surface area contributed by atoms with Gasteiger partial charge in [-0.1, -0.05) is 0 Å². The van der Waals surface area contributed by atoms with Gasteiger partial charge in [-0.15, -0.1) is 0 Å². The molecule has 1 heterocycles. The first kappa shape index (κ1) is 13.8. The maximum atomic E-state index is 12.3. The van der Waals surface area contributed by atoms with Crippen molar-refractivity contribution in [3.63, 3.8) is 0 Å². The summed E-state index contributed by atoms with van der Waals surface area (Å²) in [6.07, 6.45) is 5.20. The predicted molar refractivity (Wildman–Crippen MR) is 73.2 cm³/mol. The summed E-state index contributed by atoms with van der Waals surface area (Å²) in [7, 11) is 2.13. The second-order valence-corrected chi connectivity index (χ2v) is 6.15. The lowest BCUT2D eigenvalue weighted by molar-refractivity contribution is -0.135. The maximum Gasteiger partial charge on any atom is 0.222 e. The molecule has 0 aromatic carbocycles. The third-order valence-corrected chi connectivity index (χ3v) is 4.67. The van der Waals surface area contributed by atoms with Crippen LogP contribution in [0.3, 0.4) is 0 Å². The van der Waals surface area contributed by atoms with Crippen LogP contribution in [0.2, 0.25) is 0 Å². The van der Waals surface area contributed by atoms with Crippen LogP contribution in [0.25, 0.3) is 0 Å². The van der Waals surface area contributed by atoms with Crippen molar-refractivity contribution in [3.05, 3.63) is 0 Å². The van der Waals surface area contributed by atoms with E-state index in [1.165, 1.54) is 0 Å². The van der Waals surface area contributed by atoms with Gasteiger partial charge in [0.1, 0.15) is 0 Å². The molecule has 1 saturated carbocycles. The average molecular weight is 253 g/mol. The SMILES string of the molecule is CC1CN(C(=O)CC2CCC(N)CC2)CCN1C. The molecule has 1 unspecified atom stereocenters. The van der Waals surface area contributed by atoms with Crippen LogP contribution in [0, 0.1) is 5.92 Å². The second-order valence-electron chi connectivity index (χ2n) is 6.15. The Morgan fingerprint density at radius 1 is 1.22 bits per heavy atom. The van der Waals surface area contributed by atoms with E-state index < -0.39 is 0 Å². The number of hydrogen-bond acceptors (Lipinski definition) is 3. The summed E-state index contributed by atoms with van der Waals surface area (Å²) in [4.78, 5) is 16.7. The summed E-state index contributed by atoms with van der Waals surface area (Å²) in [5, 5.41) is 0. The fraction of sp³-hybridized carbons (Fsp3) is 0.929. The summed E-state index contributed by atoms with van der Waals surface area (Å²) in [6, 6.07) is 0.863. The first-order chi connectivity index (χ1) is 8.56. The van der Waals surface area contributed by atoms with Crippen LogP contribution in [0.1, 0.15) is 39.0 Å². The number of rotatable bonds is 2. The van der Waals surface area contributed by atoms with Gasteiger partial charge in [0.15, 0.2) is 0 Å². The third kappa shape index (κ3) is 3.45. The normalized spacial score (nSPS) is 34.6. The molecule has 1 aliphatic carbocycles. The number of nitrogens with zero attached hydrogens (tertiary/aromatic N) is 2. The molecular formula is C14H27N3O. The number of amides is 1. The Labute approximate surface area is 110 Å². The van der Waals surface area contributed by atoms with E-state index >= 15 is 0 Å². The Morgan fingerprint density at radius 2 is 1.89 bits per heavy atom. The van der Waals surface area contributed by atoms with E-state index in [0.29, 0.717) is 23.9 Å². The monoisotopic (exact) mass is 253 g/mol. The van der Waals surface area contributed by atoms with Crippen molar-refractivity contribution in [1.29, 1.82) is 0 Å². The topological polar surface area (TPSA) is 49.6 Å². The molecule has 104 valence electrons. The molecule has 2 aliphatic rings. The van der Waals surface area contributed by atoms with Gasteiger partial charge in [-0.05, 0) is 45.6 Å². The fourth-order valence-corrected chi connectivity index (χ4v) is 3.04. The molecule has 2 fully saturated rings. The van der Waals surface area contributed by atoms with Gasteiger partial charge < -0.3 is 15.5 Å². The lowest BCUT2D eigenvalue weighted by Crippen LogP contribution is -2.52. The molecule has 2 rings (SSSR count). The fourth-order valence-electron chi connectivity index (χ4n) is 3.04. The third-order valence-electron chi connectivity index (χ3n) is 4.67. The minimum absolute atomic E-state index is 0.357. The summed E-state index contributed by atoms with van der Waals surface area (Å²) >= 11 is 0. The van der Waals surface area contributed by atoms with Crippen LogP contribution in [-0.2, 0) is 4.79 Å². The van der Waals surface area contributed by atoms with Crippen molar-refractivity contribution >= 4 is 5.91 Å². The van der Waals surface area contributed by atoms with Crippen molar-refractivity contribution in [1.82, 2.24) is 9.80 Å². The van der Waals surface area contributed by atoms with E-state index in [0.717, 1.165) is 51.7 Å². The standard InChI is InChI=1S/C14H27N3O/c1-11-10-17(8-7-16(11)2)14(18)9-12-3-5-13(15)6-4-12/h11-13H,3-10,15H2,1-2H3. The largest absolute Gasteiger partial charge is 0.340 e. The minimum atomic E-state index is 0.357. The average Bonchev–Trinajstić information content (AvgIpc) is 2.35. The molecule has 4 heteroatoms. The maximum absolute atomic E-state index is 12.3. The zero-order chi connectivity index (χ0) is 13.1. The number of carbonyl (C=O) groups is 1. The highest BCUT2D eigenvalue weighted by molar-refractivity contribution is 5.76. The summed E-state index contributed by atoms with van der Waals surface area (Å²) < 4.78 is 0. The highest BCUT2D eigenvalue weighted by Crippen LogP contribution is 2.26. The molecule has 0 spiro atoms. The lowest BCUT2D eigenvalue weighted by Gasteiger charge is -2.38. The van der Waals surface area contributed by atoms with Gasteiger partial charge in [0.25, 0.3) is 0 Å². The van der Waals surface area contributed by atoms with Crippen LogP contribution in [0.5, 0.6) is 0 Å². The van der Waals surface area contributed by atoms with E-state index in [1.807, 2.05) is 0 Å². The van der Waals surface area contributed by atoms with Crippen molar-refractivity contribution in [2.75, 3.05) is 26.7 Å². The van der Waals surface area contributed by atoms with E-state index in [-0.39, 0.29) is 0 Å². The van der Waals surface area contributed by atoms with Crippen LogP contribution < -0.4 is 5.73 Å². The Kier molecular flexibility index (Phi) is 4.62. The van der Waals surface area contributed by atoms with Crippen LogP contribution >= 0.6 is 0 Å². The highest BCUT2D eigenvalue weighted by Gasteiger charge is 2.27. The van der Waals surface area contributed by atoms with Crippen molar-refractivity contribution in [2.24, 2.45) is 11.7 Å². The number of carbonyl (C=O) groups excluding carboxylic acids is 1. The van der Waals surface area contributed by atoms with Crippen molar-refractivity contribution < 1.29 is 4.79 Å². The predicted octanol–water partition coefficient (Wildman–Crippen LogP) is 1.06. The van der Waals surface area contributed by atoms with E-state index in [4.69, 9.17) is 5.73 Å². The quantitative estimate of drug-likeness (QED) is 0.800. The zero-order valence-electron chi connectivity index (χ0n) is 11.8. The van der Waals surface area contributed by atoms with Crippen LogP contribution in [-0.4, -0.2) is 54.5 Å². The number of likely N-dealkylation sites (N-methyl/N-ethyl adjacent to an activating group) is 1. The number of nitrogens with two attached hydrogens (primary N) is 1. The Morgan fingerprint density at radius 3 is 2.50 bits per heavy atom. The van der Waals surface area contributed by atoms with Crippen LogP contribution in [0.15, 0.2) is 0 Å². The molecular weight excluding hydrogens is 226 g/mol. The van der Waals surface area contributed by atoms with E-state index in [2.05, 4.69) is 23.8 Å². The van der Waals surface area contributed by atoms with Gasteiger partial charge in [-0.25, -0.2) is 0 Å². The Hall–Kier alpha value is -0.610. The van der Waals surface area contributed by atoms with Crippen molar-refractivity contribution in [3.8, 4) is 0 Å². The zero-order valence-corrected chi connectivity index (χ0v) is 11.8. The smallest absolute Gasteiger partial charge is 0.222 e. The van der Waals surface area contributed by atoms with Gasteiger partial charge in [-0.2, -0.15) is 0 Å². The van der Waals surface area contributed by atoms with Gasteiger partial charge in [0.05, 0.1) is 0 Å². The Balaban J connectivity index is 1.78. The van der Waals surface area contributed by atoms with Gasteiger partial charge in [0.2, 0.25) is 5.91 Å². The Bertz CT molecular complexity index is 287. The van der Waals surface area contributed by atoms with Gasteiger partial charge >= 0.3 is 0 Å². The van der Waals surface area contributed by atoms with E-state index in [9.17, 15) is 4.79 Å². The molecule has 0 aromatic rings. The van der Waals surface area contributed by atoms with Gasteiger partial charge in [-0.3, -0.25) is 4.79 Å². The van der Waals surface area contributed by atoms with Crippen LogP contribution in [0.4, 0.5) is 0 Å². The number of hydrogen-bond donors (Lipinski definition) is 1. The lowest BCUT2D eigenvalue weighted by atomic mass is 9.84. The molecule has 0 radical (unpaired) electrons.